The Bertz CT molecular complexity index is 503. The number of rotatable bonds is 2. The Hall–Kier alpha value is -1.90. The molecule has 0 aliphatic rings. The molecule has 0 saturated heterocycles. The summed E-state index contributed by atoms with van der Waals surface area (Å²) < 4.78 is 0. The zero-order valence-corrected chi connectivity index (χ0v) is 8.64. The van der Waals surface area contributed by atoms with Crippen LogP contribution in [0.15, 0.2) is 30.3 Å². The third-order valence-corrected chi connectivity index (χ3v) is 2.14. The molecule has 0 atom stereocenters. The SMILES string of the molecule is CC/C=C/c1nc2ccccc2nc1N. The Balaban J connectivity index is 2.57. The van der Waals surface area contributed by atoms with E-state index in [1.807, 2.05) is 36.4 Å². The van der Waals surface area contributed by atoms with Crippen molar-refractivity contribution in [3.63, 3.8) is 0 Å². The highest BCUT2D eigenvalue weighted by Gasteiger charge is 2.01. The molecule has 1 heterocycles. The first kappa shape index (κ1) is 9.65. The molecule has 0 aliphatic heterocycles. The van der Waals surface area contributed by atoms with Crippen LogP contribution in [0.4, 0.5) is 5.82 Å². The molecule has 0 spiro atoms. The molecule has 2 N–H and O–H groups in total. The van der Waals surface area contributed by atoms with E-state index in [0.29, 0.717) is 5.82 Å². The molecule has 2 rings (SSSR count). The zero-order valence-electron chi connectivity index (χ0n) is 8.64. The van der Waals surface area contributed by atoms with Crippen LogP contribution in [-0.4, -0.2) is 9.97 Å². The van der Waals surface area contributed by atoms with Crippen LogP contribution < -0.4 is 5.73 Å². The van der Waals surface area contributed by atoms with Crippen molar-refractivity contribution in [1.82, 2.24) is 9.97 Å². The van der Waals surface area contributed by atoms with Gasteiger partial charge in [-0.3, -0.25) is 0 Å². The average molecular weight is 199 g/mol. The van der Waals surface area contributed by atoms with Gasteiger partial charge in [-0.05, 0) is 24.6 Å². The summed E-state index contributed by atoms with van der Waals surface area (Å²) in [5.41, 5.74) is 8.26. The number of nitrogens with zero attached hydrogens (tertiary/aromatic N) is 2. The number of hydrogen-bond donors (Lipinski definition) is 1. The molecule has 0 amide bonds. The van der Waals surface area contributed by atoms with E-state index < -0.39 is 0 Å². The average Bonchev–Trinajstić information content (AvgIpc) is 2.26. The number of nitrogen functional groups attached to an aromatic ring is 1. The molecule has 3 nitrogen and oxygen atoms in total. The largest absolute Gasteiger partial charge is 0.382 e. The summed E-state index contributed by atoms with van der Waals surface area (Å²) in [5, 5.41) is 0. The number of allylic oxidation sites excluding steroid dienone is 1. The van der Waals surface area contributed by atoms with E-state index in [0.717, 1.165) is 23.1 Å². The minimum atomic E-state index is 0.485. The summed E-state index contributed by atoms with van der Waals surface area (Å²) in [5.74, 6) is 0.485. The molecular weight excluding hydrogens is 186 g/mol. The minimum Gasteiger partial charge on any atom is -0.382 e. The number of hydrogen-bond acceptors (Lipinski definition) is 3. The molecule has 15 heavy (non-hydrogen) atoms. The van der Waals surface area contributed by atoms with Crippen molar-refractivity contribution in [2.45, 2.75) is 13.3 Å². The standard InChI is InChI=1S/C12H13N3/c1-2-3-6-11-12(13)15-10-8-5-4-7-9(10)14-11/h3-8H,2H2,1H3,(H2,13,15)/b6-3+. The Morgan fingerprint density at radius 1 is 1.20 bits per heavy atom. The highest BCUT2D eigenvalue weighted by Crippen LogP contribution is 2.15. The third-order valence-electron chi connectivity index (χ3n) is 2.14. The first-order valence-corrected chi connectivity index (χ1v) is 5.00. The molecule has 2 aromatic rings. The van der Waals surface area contributed by atoms with Gasteiger partial charge in [-0.25, -0.2) is 9.97 Å². The number of nitrogens with two attached hydrogens (primary N) is 1. The second-order valence-electron chi connectivity index (χ2n) is 3.29. The normalized spacial score (nSPS) is 11.3. The van der Waals surface area contributed by atoms with Crippen LogP contribution in [-0.2, 0) is 0 Å². The van der Waals surface area contributed by atoms with Crippen molar-refractivity contribution in [2.75, 3.05) is 5.73 Å². The van der Waals surface area contributed by atoms with Gasteiger partial charge in [0.2, 0.25) is 0 Å². The molecule has 0 fully saturated rings. The second-order valence-corrected chi connectivity index (χ2v) is 3.29. The van der Waals surface area contributed by atoms with Gasteiger partial charge >= 0.3 is 0 Å². The maximum absolute atomic E-state index is 5.80. The van der Waals surface area contributed by atoms with Gasteiger partial charge in [-0.15, -0.1) is 0 Å². The molecule has 0 bridgehead atoms. The van der Waals surface area contributed by atoms with Crippen molar-refractivity contribution in [3.8, 4) is 0 Å². The van der Waals surface area contributed by atoms with E-state index >= 15 is 0 Å². The molecule has 0 saturated carbocycles. The maximum Gasteiger partial charge on any atom is 0.150 e. The lowest BCUT2D eigenvalue weighted by Gasteiger charge is -2.01. The highest BCUT2D eigenvalue weighted by molar-refractivity contribution is 5.78. The lowest BCUT2D eigenvalue weighted by molar-refractivity contribution is 1.22. The Morgan fingerprint density at radius 2 is 1.87 bits per heavy atom. The number of fused-ring (bicyclic) bond motifs is 1. The number of para-hydroxylation sites is 2. The quantitative estimate of drug-likeness (QED) is 0.808. The van der Waals surface area contributed by atoms with E-state index in [-0.39, 0.29) is 0 Å². The Labute approximate surface area is 88.7 Å². The molecule has 76 valence electrons. The van der Waals surface area contributed by atoms with E-state index in [4.69, 9.17) is 5.73 Å². The summed E-state index contributed by atoms with van der Waals surface area (Å²) >= 11 is 0. The monoisotopic (exact) mass is 199 g/mol. The number of aromatic nitrogens is 2. The lowest BCUT2D eigenvalue weighted by atomic mass is 10.2. The van der Waals surface area contributed by atoms with Gasteiger partial charge in [0.1, 0.15) is 11.5 Å². The third kappa shape index (κ3) is 1.96. The van der Waals surface area contributed by atoms with Gasteiger partial charge in [-0.2, -0.15) is 0 Å². The Morgan fingerprint density at radius 3 is 2.53 bits per heavy atom. The van der Waals surface area contributed by atoms with Crippen molar-refractivity contribution >= 4 is 22.9 Å². The lowest BCUT2D eigenvalue weighted by Crippen LogP contribution is -1.97. The first-order valence-electron chi connectivity index (χ1n) is 5.00. The Kier molecular flexibility index (Phi) is 2.63. The van der Waals surface area contributed by atoms with E-state index in [2.05, 4.69) is 16.9 Å². The van der Waals surface area contributed by atoms with Gasteiger partial charge in [0, 0.05) is 0 Å². The van der Waals surface area contributed by atoms with Gasteiger partial charge in [0.05, 0.1) is 11.0 Å². The van der Waals surface area contributed by atoms with Crippen LogP contribution >= 0.6 is 0 Å². The van der Waals surface area contributed by atoms with Crippen molar-refractivity contribution in [3.05, 3.63) is 36.0 Å². The van der Waals surface area contributed by atoms with Gasteiger partial charge in [0.15, 0.2) is 0 Å². The van der Waals surface area contributed by atoms with Crippen molar-refractivity contribution in [2.24, 2.45) is 0 Å². The molecule has 0 radical (unpaired) electrons. The zero-order chi connectivity index (χ0) is 10.7. The van der Waals surface area contributed by atoms with E-state index in [1.165, 1.54) is 0 Å². The molecule has 0 aliphatic carbocycles. The smallest absolute Gasteiger partial charge is 0.150 e. The van der Waals surface area contributed by atoms with Crippen molar-refractivity contribution in [1.29, 1.82) is 0 Å². The molecule has 1 aromatic heterocycles. The van der Waals surface area contributed by atoms with Gasteiger partial charge in [-0.1, -0.05) is 25.1 Å². The minimum absolute atomic E-state index is 0.485. The predicted octanol–water partition coefficient (Wildman–Crippen LogP) is 2.64. The van der Waals surface area contributed by atoms with Crippen molar-refractivity contribution < 1.29 is 0 Å². The predicted molar refractivity (Wildman–Crippen MR) is 63.3 cm³/mol. The summed E-state index contributed by atoms with van der Waals surface area (Å²) in [4.78, 5) is 8.73. The number of benzene rings is 1. The van der Waals surface area contributed by atoms with Crippen LogP contribution in [0.25, 0.3) is 17.1 Å². The van der Waals surface area contributed by atoms with Crippen LogP contribution in [0.2, 0.25) is 0 Å². The van der Waals surface area contributed by atoms with E-state index in [9.17, 15) is 0 Å². The summed E-state index contributed by atoms with van der Waals surface area (Å²) in [6.07, 6.45) is 4.90. The van der Waals surface area contributed by atoms with Gasteiger partial charge in [0.25, 0.3) is 0 Å². The van der Waals surface area contributed by atoms with Crippen LogP contribution in [0, 0.1) is 0 Å². The van der Waals surface area contributed by atoms with Gasteiger partial charge < -0.3 is 5.73 Å². The van der Waals surface area contributed by atoms with E-state index in [1.54, 1.807) is 0 Å². The molecular formula is C12H13N3. The fourth-order valence-corrected chi connectivity index (χ4v) is 1.38. The van der Waals surface area contributed by atoms with Crippen LogP contribution in [0.5, 0.6) is 0 Å². The summed E-state index contributed by atoms with van der Waals surface area (Å²) in [6, 6.07) is 7.72. The molecule has 1 aromatic carbocycles. The molecule has 3 heteroatoms. The van der Waals surface area contributed by atoms with Crippen LogP contribution in [0.1, 0.15) is 19.0 Å². The fourth-order valence-electron chi connectivity index (χ4n) is 1.38. The fraction of sp³-hybridized carbons (Fsp3) is 0.167. The second kappa shape index (κ2) is 4.09. The summed E-state index contributed by atoms with van der Waals surface area (Å²) in [7, 11) is 0. The maximum atomic E-state index is 5.80. The topological polar surface area (TPSA) is 51.8 Å². The first-order chi connectivity index (χ1) is 7.31. The van der Waals surface area contributed by atoms with Crippen LogP contribution in [0.3, 0.4) is 0 Å². The summed E-state index contributed by atoms with van der Waals surface area (Å²) in [6.45, 7) is 2.07. The molecule has 0 unspecified atom stereocenters. The number of anilines is 1. The highest BCUT2D eigenvalue weighted by atomic mass is 14.9.